The predicted octanol–water partition coefficient (Wildman–Crippen LogP) is 2.76. The van der Waals surface area contributed by atoms with Gasteiger partial charge >= 0.3 is 6.09 Å². The van der Waals surface area contributed by atoms with Gasteiger partial charge in [0.05, 0.1) is 12.2 Å². The highest BCUT2D eigenvalue weighted by atomic mass is 16.6. The number of benzene rings is 1. The van der Waals surface area contributed by atoms with Crippen LogP contribution in [-0.4, -0.2) is 18.2 Å². The molecule has 4 nitrogen and oxygen atoms in total. The van der Waals surface area contributed by atoms with Crippen LogP contribution in [0.2, 0.25) is 0 Å². The van der Waals surface area contributed by atoms with Crippen molar-refractivity contribution in [2.24, 2.45) is 0 Å². The van der Waals surface area contributed by atoms with Crippen LogP contribution in [0.15, 0.2) is 12.1 Å². The molecule has 20 heavy (non-hydrogen) atoms. The number of nitrogens with one attached hydrogen (secondary N) is 1. The van der Waals surface area contributed by atoms with Crippen molar-refractivity contribution in [2.75, 3.05) is 12.3 Å². The third-order valence-electron chi connectivity index (χ3n) is 2.47. The molecule has 1 aromatic carbocycles. The first-order chi connectivity index (χ1) is 9.19. The van der Waals surface area contributed by atoms with Gasteiger partial charge in [-0.2, -0.15) is 0 Å². The zero-order chi connectivity index (χ0) is 15.3. The highest BCUT2D eigenvalue weighted by Crippen LogP contribution is 2.17. The largest absolute Gasteiger partial charge is 0.444 e. The number of carbonyl (C=O) groups excluding carboxylic acids is 1. The molecule has 0 radical (unpaired) electrons. The first-order valence-corrected chi connectivity index (χ1v) is 6.51. The van der Waals surface area contributed by atoms with Crippen molar-refractivity contribution >= 4 is 11.8 Å². The molecule has 0 spiro atoms. The Kier molecular flexibility index (Phi) is 5.04. The Morgan fingerprint density at radius 3 is 2.60 bits per heavy atom. The van der Waals surface area contributed by atoms with E-state index in [0.29, 0.717) is 5.69 Å². The van der Waals surface area contributed by atoms with Crippen molar-refractivity contribution in [3.8, 4) is 11.8 Å². The van der Waals surface area contributed by atoms with Crippen LogP contribution in [0, 0.1) is 25.7 Å². The molecule has 3 N–H and O–H groups in total. The van der Waals surface area contributed by atoms with Gasteiger partial charge in [0.25, 0.3) is 0 Å². The fourth-order valence-electron chi connectivity index (χ4n) is 1.65. The van der Waals surface area contributed by atoms with Crippen LogP contribution in [0.25, 0.3) is 0 Å². The smallest absolute Gasteiger partial charge is 0.408 e. The lowest BCUT2D eigenvalue weighted by molar-refractivity contribution is 0.0535. The highest BCUT2D eigenvalue weighted by molar-refractivity contribution is 5.68. The van der Waals surface area contributed by atoms with Crippen LogP contribution in [-0.2, 0) is 4.74 Å². The van der Waals surface area contributed by atoms with Crippen LogP contribution in [0.1, 0.15) is 37.5 Å². The minimum Gasteiger partial charge on any atom is -0.444 e. The summed E-state index contributed by atoms with van der Waals surface area (Å²) in [5, 5.41) is 2.58. The second-order valence-corrected chi connectivity index (χ2v) is 5.70. The Labute approximate surface area is 120 Å². The number of hydrogen-bond acceptors (Lipinski definition) is 3. The number of ether oxygens (including phenoxy) is 1. The van der Waals surface area contributed by atoms with Crippen molar-refractivity contribution in [3.63, 3.8) is 0 Å². The third kappa shape index (κ3) is 5.23. The SMILES string of the molecule is Cc1cc(C)c(N)c(C#CCNC(=O)OC(C)(C)C)c1. The second-order valence-electron chi connectivity index (χ2n) is 5.70. The molecule has 0 unspecified atom stereocenters. The lowest BCUT2D eigenvalue weighted by Crippen LogP contribution is -2.32. The summed E-state index contributed by atoms with van der Waals surface area (Å²) in [7, 11) is 0. The third-order valence-corrected chi connectivity index (χ3v) is 2.47. The summed E-state index contributed by atoms with van der Waals surface area (Å²) < 4.78 is 5.11. The summed E-state index contributed by atoms with van der Waals surface area (Å²) >= 11 is 0. The monoisotopic (exact) mass is 274 g/mol. The fourth-order valence-corrected chi connectivity index (χ4v) is 1.65. The molecule has 0 aromatic heterocycles. The molecular weight excluding hydrogens is 252 g/mol. The number of alkyl carbamates (subject to hydrolysis) is 1. The fraction of sp³-hybridized carbons (Fsp3) is 0.438. The van der Waals surface area contributed by atoms with Gasteiger partial charge in [-0.15, -0.1) is 0 Å². The number of nitrogens with two attached hydrogens (primary N) is 1. The number of carbonyl (C=O) groups is 1. The van der Waals surface area contributed by atoms with Gasteiger partial charge in [-0.1, -0.05) is 17.9 Å². The molecule has 0 saturated heterocycles. The Morgan fingerprint density at radius 2 is 2.00 bits per heavy atom. The number of amides is 1. The Morgan fingerprint density at radius 1 is 1.35 bits per heavy atom. The molecule has 108 valence electrons. The first kappa shape index (κ1) is 15.9. The topological polar surface area (TPSA) is 64.3 Å². The average Bonchev–Trinajstić information content (AvgIpc) is 2.28. The van der Waals surface area contributed by atoms with E-state index in [1.54, 1.807) is 0 Å². The summed E-state index contributed by atoms with van der Waals surface area (Å²) in [6.45, 7) is 9.61. The Hall–Kier alpha value is -2.15. The van der Waals surface area contributed by atoms with Crippen molar-refractivity contribution in [3.05, 3.63) is 28.8 Å². The van der Waals surface area contributed by atoms with Crippen LogP contribution in [0.5, 0.6) is 0 Å². The lowest BCUT2D eigenvalue weighted by atomic mass is 10.0. The number of aryl methyl sites for hydroxylation is 2. The summed E-state index contributed by atoms with van der Waals surface area (Å²) in [6.07, 6.45) is -0.472. The van der Waals surface area contributed by atoms with E-state index in [-0.39, 0.29) is 6.54 Å². The number of hydrogen-bond donors (Lipinski definition) is 2. The van der Waals surface area contributed by atoms with Crippen LogP contribution >= 0.6 is 0 Å². The molecule has 4 heteroatoms. The van der Waals surface area contributed by atoms with Gasteiger partial charge in [0, 0.05) is 5.56 Å². The van der Waals surface area contributed by atoms with Gasteiger partial charge in [0.15, 0.2) is 0 Å². The van der Waals surface area contributed by atoms with E-state index in [0.717, 1.165) is 16.7 Å². The van der Waals surface area contributed by atoms with Crippen molar-refractivity contribution < 1.29 is 9.53 Å². The average molecular weight is 274 g/mol. The van der Waals surface area contributed by atoms with E-state index >= 15 is 0 Å². The van der Waals surface area contributed by atoms with Crippen molar-refractivity contribution in [1.29, 1.82) is 0 Å². The van der Waals surface area contributed by atoms with Crippen molar-refractivity contribution in [1.82, 2.24) is 5.32 Å². The Bertz CT molecular complexity index is 560. The van der Waals surface area contributed by atoms with Gasteiger partial charge in [-0.05, 0) is 51.8 Å². The van der Waals surface area contributed by atoms with Gasteiger partial charge in [0.2, 0.25) is 0 Å². The van der Waals surface area contributed by atoms with Gasteiger partial charge in [-0.3, -0.25) is 0 Å². The lowest BCUT2D eigenvalue weighted by Gasteiger charge is -2.19. The first-order valence-electron chi connectivity index (χ1n) is 6.51. The summed E-state index contributed by atoms with van der Waals surface area (Å²) in [6, 6.07) is 3.95. The maximum Gasteiger partial charge on any atom is 0.408 e. The molecule has 0 aliphatic carbocycles. The van der Waals surface area contributed by atoms with E-state index in [4.69, 9.17) is 10.5 Å². The predicted molar refractivity (Wildman–Crippen MR) is 81.4 cm³/mol. The number of nitrogen functional groups attached to an aromatic ring is 1. The number of anilines is 1. The van der Waals surface area contributed by atoms with E-state index in [1.807, 2.05) is 46.8 Å². The second kappa shape index (κ2) is 6.33. The molecule has 1 rings (SSSR count). The molecule has 1 amide bonds. The Balaban J connectivity index is 2.62. The zero-order valence-electron chi connectivity index (χ0n) is 12.8. The quantitative estimate of drug-likeness (QED) is 0.611. The molecule has 0 fully saturated rings. The minimum atomic E-state index is -0.504. The van der Waals surface area contributed by atoms with E-state index in [1.165, 1.54) is 0 Å². The molecule has 0 bridgehead atoms. The van der Waals surface area contributed by atoms with E-state index in [9.17, 15) is 4.79 Å². The number of rotatable bonds is 1. The maximum atomic E-state index is 11.4. The molecular formula is C16H22N2O2. The normalized spacial score (nSPS) is 10.4. The molecule has 0 saturated carbocycles. The van der Waals surface area contributed by atoms with E-state index < -0.39 is 11.7 Å². The summed E-state index contributed by atoms with van der Waals surface area (Å²) in [5.74, 6) is 5.84. The zero-order valence-corrected chi connectivity index (χ0v) is 12.8. The summed E-state index contributed by atoms with van der Waals surface area (Å²) in [4.78, 5) is 11.4. The van der Waals surface area contributed by atoms with Crippen molar-refractivity contribution in [2.45, 2.75) is 40.2 Å². The highest BCUT2D eigenvalue weighted by Gasteiger charge is 2.14. The van der Waals surface area contributed by atoms with Crippen LogP contribution in [0.3, 0.4) is 0 Å². The maximum absolute atomic E-state index is 11.4. The standard InChI is InChI=1S/C16H22N2O2/c1-11-9-12(2)14(17)13(10-11)7-6-8-18-15(19)20-16(3,4)5/h9-10H,8,17H2,1-5H3,(H,18,19). The van der Waals surface area contributed by atoms with Gasteiger partial charge in [0.1, 0.15) is 5.60 Å². The molecule has 0 aliphatic rings. The van der Waals surface area contributed by atoms with Gasteiger partial charge < -0.3 is 15.8 Å². The molecule has 0 atom stereocenters. The van der Waals surface area contributed by atoms with E-state index in [2.05, 4.69) is 17.2 Å². The van der Waals surface area contributed by atoms with Gasteiger partial charge in [-0.25, -0.2) is 4.79 Å². The summed E-state index contributed by atoms with van der Waals surface area (Å²) in [5.41, 5.74) is 9.05. The molecule has 0 aliphatic heterocycles. The minimum absolute atomic E-state index is 0.224. The van der Waals surface area contributed by atoms with Crippen LogP contribution in [0.4, 0.5) is 10.5 Å². The molecule has 0 heterocycles. The molecule has 1 aromatic rings. The van der Waals surface area contributed by atoms with Crippen LogP contribution < -0.4 is 11.1 Å².